The molecule has 3 N–H and O–H groups in total. The van der Waals surface area contributed by atoms with Crippen LogP contribution < -0.4 is 19.8 Å². The number of anilines is 4. The molecular formula is C24H32N6O3S. The second-order valence-corrected chi connectivity index (χ2v) is 10.1. The summed E-state index contributed by atoms with van der Waals surface area (Å²) in [4.78, 5) is 26.7. The maximum absolute atomic E-state index is 13.4. The van der Waals surface area contributed by atoms with Gasteiger partial charge in [-0.3, -0.25) is 10.1 Å². The van der Waals surface area contributed by atoms with Crippen LogP contribution in [0.3, 0.4) is 0 Å². The first-order valence-electron chi connectivity index (χ1n) is 12.0. The number of nitrogens with one attached hydrogen (secondary N) is 2. The second kappa shape index (κ2) is 10.4. The van der Waals surface area contributed by atoms with Crippen LogP contribution in [0.4, 0.5) is 23.1 Å². The summed E-state index contributed by atoms with van der Waals surface area (Å²) in [5.74, 6) is 1.48. The lowest BCUT2D eigenvalue weighted by atomic mass is 9.93. The molecule has 0 atom stereocenters. The largest absolute Gasteiger partial charge is 0.395 e. The van der Waals surface area contributed by atoms with Gasteiger partial charge in [-0.15, -0.1) is 0 Å². The van der Waals surface area contributed by atoms with Crippen LogP contribution in [0, 0.1) is 5.41 Å². The number of benzene rings is 1. The van der Waals surface area contributed by atoms with Gasteiger partial charge in [-0.05, 0) is 55.4 Å². The molecule has 3 aliphatic rings. The summed E-state index contributed by atoms with van der Waals surface area (Å²) in [6, 6.07) is 7.66. The molecular weight excluding hydrogens is 452 g/mol. The van der Waals surface area contributed by atoms with E-state index in [-0.39, 0.29) is 12.5 Å². The highest BCUT2D eigenvalue weighted by molar-refractivity contribution is 8.00. The first-order chi connectivity index (χ1) is 16.7. The monoisotopic (exact) mass is 484 g/mol. The van der Waals surface area contributed by atoms with Crippen molar-refractivity contribution in [3.8, 4) is 0 Å². The second-order valence-electron chi connectivity index (χ2n) is 9.19. The van der Waals surface area contributed by atoms with Crippen molar-refractivity contribution in [2.45, 2.75) is 25.7 Å². The summed E-state index contributed by atoms with van der Waals surface area (Å²) in [5.41, 5.74) is 3.01. The van der Waals surface area contributed by atoms with Crippen LogP contribution in [0.5, 0.6) is 0 Å². The smallest absolute Gasteiger partial charge is 0.260 e. The predicted octanol–water partition coefficient (Wildman–Crippen LogP) is 3.00. The number of rotatable bonds is 8. The number of nitrogens with zero attached hydrogens (tertiary/aromatic N) is 4. The van der Waals surface area contributed by atoms with E-state index in [1.54, 1.807) is 6.20 Å². The highest BCUT2D eigenvalue weighted by Gasteiger charge is 2.44. The molecule has 3 heterocycles. The van der Waals surface area contributed by atoms with E-state index in [9.17, 15) is 4.79 Å². The zero-order chi connectivity index (χ0) is 23.4. The molecule has 2 saturated heterocycles. The maximum Gasteiger partial charge on any atom is 0.260 e. The van der Waals surface area contributed by atoms with Crippen molar-refractivity contribution in [3.63, 3.8) is 0 Å². The van der Waals surface area contributed by atoms with Gasteiger partial charge in [0.15, 0.2) is 0 Å². The zero-order valence-electron chi connectivity index (χ0n) is 19.3. The van der Waals surface area contributed by atoms with Gasteiger partial charge in [0, 0.05) is 43.8 Å². The summed E-state index contributed by atoms with van der Waals surface area (Å²) in [5, 5.41) is 12.0. The maximum atomic E-state index is 13.4. The fraction of sp³-hybridized carbons (Fsp3) is 0.542. The number of aliphatic hydroxyl groups excluding tert-OH is 1. The van der Waals surface area contributed by atoms with Gasteiger partial charge < -0.3 is 24.4 Å². The average Bonchev–Trinajstić information content (AvgIpc) is 3.64. The molecule has 2 aliphatic heterocycles. The molecule has 182 valence electrons. The molecule has 1 aromatic heterocycles. The average molecular weight is 485 g/mol. The first-order valence-corrected chi connectivity index (χ1v) is 13.0. The fourth-order valence-electron chi connectivity index (χ4n) is 4.67. The Hall–Kier alpha value is -2.56. The van der Waals surface area contributed by atoms with Crippen LogP contribution in [-0.2, 0) is 4.74 Å². The van der Waals surface area contributed by atoms with Crippen LogP contribution in [0.1, 0.15) is 36.0 Å². The number of carbonyl (C=O) groups is 1. The topological polar surface area (TPSA) is 103 Å². The quantitative estimate of drug-likeness (QED) is 0.385. The molecule has 2 aromatic rings. The molecule has 1 amide bonds. The minimum atomic E-state index is -0.213. The number of aromatic nitrogens is 2. The number of piperidine rings is 1. The predicted molar refractivity (Wildman–Crippen MR) is 136 cm³/mol. The van der Waals surface area contributed by atoms with Crippen molar-refractivity contribution in [3.05, 3.63) is 36.0 Å². The molecule has 1 saturated carbocycles. The van der Waals surface area contributed by atoms with Gasteiger partial charge in [0.25, 0.3) is 5.91 Å². The van der Waals surface area contributed by atoms with Crippen LogP contribution in [0.25, 0.3) is 0 Å². The molecule has 9 nitrogen and oxygen atoms in total. The fourth-order valence-corrected chi connectivity index (χ4v) is 5.16. The molecule has 0 bridgehead atoms. The Morgan fingerprint density at radius 1 is 1.09 bits per heavy atom. The van der Waals surface area contributed by atoms with Crippen LogP contribution in [0.15, 0.2) is 30.5 Å². The van der Waals surface area contributed by atoms with E-state index in [0.29, 0.717) is 35.9 Å². The van der Waals surface area contributed by atoms with Crippen molar-refractivity contribution in [1.29, 1.82) is 0 Å². The lowest BCUT2D eigenvalue weighted by Crippen LogP contribution is -2.37. The SMILES string of the molecule is O=C(Nc1nccc(N2CCOCC2)n1)c1ccc(NSCCO)cc1N1CCC2(CC1)CC2. The number of ether oxygens (including phenoxy) is 1. The van der Waals surface area contributed by atoms with Crippen molar-refractivity contribution in [2.24, 2.45) is 5.41 Å². The summed E-state index contributed by atoms with van der Waals surface area (Å²) < 4.78 is 8.69. The number of morpholine rings is 1. The summed E-state index contributed by atoms with van der Waals surface area (Å²) in [7, 11) is 0. The molecule has 34 heavy (non-hydrogen) atoms. The van der Waals surface area contributed by atoms with Crippen LogP contribution in [0.2, 0.25) is 0 Å². The van der Waals surface area contributed by atoms with Gasteiger partial charge in [-0.1, -0.05) is 11.9 Å². The summed E-state index contributed by atoms with van der Waals surface area (Å²) in [6.07, 6.45) is 6.71. The van der Waals surface area contributed by atoms with Crippen LogP contribution >= 0.6 is 11.9 Å². The number of amides is 1. The van der Waals surface area contributed by atoms with Gasteiger partial charge >= 0.3 is 0 Å². The minimum Gasteiger partial charge on any atom is -0.395 e. The highest BCUT2D eigenvalue weighted by Crippen LogP contribution is 2.54. The molecule has 0 unspecified atom stereocenters. The Morgan fingerprint density at radius 3 is 2.62 bits per heavy atom. The van der Waals surface area contributed by atoms with E-state index in [2.05, 4.69) is 29.8 Å². The van der Waals surface area contributed by atoms with E-state index in [0.717, 1.165) is 43.4 Å². The molecule has 3 fully saturated rings. The Bertz CT molecular complexity index is 1000. The van der Waals surface area contributed by atoms with E-state index in [1.165, 1.54) is 37.6 Å². The number of carbonyl (C=O) groups excluding carboxylic acids is 1. The third-order valence-corrected chi connectivity index (χ3v) is 7.72. The Kier molecular flexibility index (Phi) is 7.07. The first kappa shape index (κ1) is 23.2. The van der Waals surface area contributed by atoms with Crippen molar-refractivity contribution in [1.82, 2.24) is 9.97 Å². The molecule has 1 spiro atoms. The Morgan fingerprint density at radius 2 is 1.88 bits per heavy atom. The van der Waals surface area contributed by atoms with Crippen molar-refractivity contribution >= 4 is 41.0 Å². The lowest BCUT2D eigenvalue weighted by molar-refractivity contribution is 0.102. The number of hydrogen-bond acceptors (Lipinski definition) is 9. The van der Waals surface area contributed by atoms with E-state index in [4.69, 9.17) is 9.84 Å². The van der Waals surface area contributed by atoms with E-state index < -0.39 is 0 Å². The van der Waals surface area contributed by atoms with Crippen molar-refractivity contribution < 1.29 is 14.6 Å². The zero-order valence-corrected chi connectivity index (χ0v) is 20.1. The third kappa shape index (κ3) is 5.39. The number of aliphatic hydroxyl groups is 1. The van der Waals surface area contributed by atoms with E-state index >= 15 is 0 Å². The Labute approximate surface area is 204 Å². The van der Waals surface area contributed by atoms with Gasteiger partial charge in [-0.25, -0.2) is 4.98 Å². The van der Waals surface area contributed by atoms with Gasteiger partial charge in [0.05, 0.1) is 31.1 Å². The van der Waals surface area contributed by atoms with Crippen molar-refractivity contribution in [2.75, 3.05) is 71.6 Å². The molecule has 1 aromatic carbocycles. The molecule has 0 radical (unpaired) electrons. The lowest BCUT2D eigenvalue weighted by Gasteiger charge is -2.35. The molecule has 10 heteroatoms. The van der Waals surface area contributed by atoms with E-state index in [1.807, 2.05) is 24.3 Å². The molecule has 5 rings (SSSR count). The standard InChI is InChI=1S/C24H32N6O3S/c31-13-16-34-28-18-1-2-19(20(17-18)29-9-6-24(4-5-24)7-10-29)22(32)27-23-25-8-3-21(26-23)30-11-14-33-15-12-30/h1-3,8,17,28,31H,4-7,9-16H2,(H,25,26,27,32). The third-order valence-electron chi connectivity index (χ3n) is 6.95. The molecule has 1 aliphatic carbocycles. The summed E-state index contributed by atoms with van der Waals surface area (Å²) in [6.45, 7) is 4.91. The highest BCUT2D eigenvalue weighted by atomic mass is 32.2. The van der Waals surface area contributed by atoms with Gasteiger partial charge in [0.2, 0.25) is 5.95 Å². The van der Waals surface area contributed by atoms with Gasteiger partial charge in [-0.2, -0.15) is 4.98 Å². The minimum absolute atomic E-state index is 0.114. The van der Waals surface area contributed by atoms with Gasteiger partial charge in [0.1, 0.15) is 5.82 Å². The normalized spacial score (nSPS) is 19.2. The Balaban J connectivity index is 1.34. The summed E-state index contributed by atoms with van der Waals surface area (Å²) >= 11 is 1.45. The number of hydrogen-bond donors (Lipinski definition) is 3. The van der Waals surface area contributed by atoms with Crippen LogP contribution in [-0.4, -0.2) is 72.7 Å².